The third-order valence-corrected chi connectivity index (χ3v) is 5.61. The number of ether oxygens (including phenoxy) is 2. The van der Waals surface area contributed by atoms with Crippen molar-refractivity contribution in [3.05, 3.63) is 59.7 Å². The predicted octanol–water partition coefficient (Wildman–Crippen LogP) is 3.34. The Morgan fingerprint density at radius 3 is 2.46 bits per heavy atom. The Labute approximate surface area is 154 Å². The average molecular weight is 376 g/mol. The molecule has 0 N–H and O–H groups in total. The highest BCUT2D eigenvalue weighted by molar-refractivity contribution is 7.91. The van der Waals surface area contributed by atoms with Crippen molar-refractivity contribution >= 4 is 15.8 Å². The van der Waals surface area contributed by atoms with Crippen LogP contribution in [0, 0.1) is 6.92 Å². The van der Waals surface area contributed by atoms with Gasteiger partial charge in [-0.2, -0.15) is 0 Å². The van der Waals surface area contributed by atoms with Crippen molar-refractivity contribution in [3.8, 4) is 5.75 Å². The number of carbonyl (C=O) groups excluding carboxylic acids is 1. The lowest BCUT2D eigenvalue weighted by molar-refractivity contribution is -0.143. The molecule has 0 saturated carbocycles. The highest BCUT2D eigenvalue weighted by Crippen LogP contribution is 2.14. The van der Waals surface area contributed by atoms with Gasteiger partial charge in [0, 0.05) is 0 Å². The Morgan fingerprint density at radius 1 is 1.04 bits per heavy atom. The van der Waals surface area contributed by atoms with E-state index >= 15 is 0 Å². The summed E-state index contributed by atoms with van der Waals surface area (Å²) in [4.78, 5) is 12.0. The maximum absolute atomic E-state index is 12.2. The molecule has 0 aliphatic rings. The van der Waals surface area contributed by atoms with Gasteiger partial charge in [0.15, 0.2) is 9.84 Å². The second kappa shape index (κ2) is 9.38. The van der Waals surface area contributed by atoms with Crippen LogP contribution < -0.4 is 4.74 Å². The molecule has 0 unspecified atom stereocenters. The molecule has 0 heterocycles. The van der Waals surface area contributed by atoms with Crippen molar-refractivity contribution in [1.82, 2.24) is 0 Å². The van der Waals surface area contributed by atoms with Gasteiger partial charge in [0.25, 0.3) is 0 Å². The van der Waals surface area contributed by atoms with E-state index in [-0.39, 0.29) is 30.3 Å². The first kappa shape index (κ1) is 20.0. The number of esters is 1. The van der Waals surface area contributed by atoms with Crippen LogP contribution in [0.5, 0.6) is 5.75 Å². The van der Waals surface area contributed by atoms with Gasteiger partial charge in [-0.15, -0.1) is 0 Å². The summed E-state index contributed by atoms with van der Waals surface area (Å²) in [5.74, 6) is -0.0946. The monoisotopic (exact) mass is 376 g/mol. The second-order valence-corrected chi connectivity index (χ2v) is 8.06. The third kappa shape index (κ3) is 6.19. The van der Waals surface area contributed by atoms with Crippen LogP contribution in [0.15, 0.2) is 53.4 Å². The fourth-order valence-electron chi connectivity index (χ4n) is 2.32. The number of aryl methyl sites for hydroxylation is 2. The summed E-state index contributed by atoms with van der Waals surface area (Å²) < 4.78 is 35.0. The zero-order valence-electron chi connectivity index (χ0n) is 15.1. The molecule has 2 aromatic rings. The Morgan fingerprint density at radius 2 is 1.77 bits per heavy atom. The van der Waals surface area contributed by atoms with Crippen molar-refractivity contribution in [2.45, 2.75) is 31.6 Å². The molecule has 0 fully saturated rings. The first-order valence-corrected chi connectivity index (χ1v) is 10.2. The lowest BCUT2D eigenvalue weighted by atomic mass is 10.2. The van der Waals surface area contributed by atoms with Crippen LogP contribution in [-0.2, 0) is 25.8 Å². The summed E-state index contributed by atoms with van der Waals surface area (Å²) in [6, 6.07) is 14.3. The number of carbonyl (C=O) groups is 1. The molecule has 0 aliphatic heterocycles. The Balaban J connectivity index is 1.72. The van der Waals surface area contributed by atoms with Crippen LogP contribution in [0.1, 0.15) is 24.5 Å². The van der Waals surface area contributed by atoms with Crippen LogP contribution in [0.2, 0.25) is 0 Å². The van der Waals surface area contributed by atoms with Crippen LogP contribution in [0.3, 0.4) is 0 Å². The molecule has 0 aliphatic carbocycles. The lowest BCUT2D eigenvalue weighted by Gasteiger charge is -2.09. The highest BCUT2D eigenvalue weighted by Gasteiger charge is 2.17. The smallest absolute Gasteiger partial charge is 0.306 e. The molecule has 6 heteroatoms. The van der Waals surface area contributed by atoms with Crippen molar-refractivity contribution < 1.29 is 22.7 Å². The molecular formula is C20H24O5S. The molecule has 2 aromatic carbocycles. The van der Waals surface area contributed by atoms with Crippen LogP contribution in [0.25, 0.3) is 0 Å². The minimum absolute atomic E-state index is 0.0831. The van der Waals surface area contributed by atoms with E-state index in [1.54, 1.807) is 24.3 Å². The Hall–Kier alpha value is -2.34. The largest absolute Gasteiger partial charge is 0.490 e. The van der Waals surface area contributed by atoms with Crippen LogP contribution in [0.4, 0.5) is 0 Å². The van der Waals surface area contributed by atoms with E-state index in [1.165, 1.54) is 5.56 Å². The predicted molar refractivity (Wildman–Crippen MR) is 100 cm³/mol. The van der Waals surface area contributed by atoms with Gasteiger partial charge in [0.1, 0.15) is 19.0 Å². The Bertz CT molecular complexity index is 826. The van der Waals surface area contributed by atoms with E-state index in [9.17, 15) is 13.2 Å². The van der Waals surface area contributed by atoms with Crippen molar-refractivity contribution in [3.63, 3.8) is 0 Å². The minimum atomic E-state index is -3.49. The molecule has 0 spiro atoms. The normalized spacial score (nSPS) is 11.2. The van der Waals surface area contributed by atoms with E-state index in [0.29, 0.717) is 0 Å². The van der Waals surface area contributed by atoms with Crippen molar-refractivity contribution in [1.29, 1.82) is 0 Å². The SMILES string of the molecule is CCc1cccc(OCCOC(=O)CCS(=O)(=O)c2ccc(C)cc2)c1. The standard InChI is InChI=1S/C20H24O5S/c1-3-17-5-4-6-18(15-17)24-12-13-25-20(21)11-14-26(22,23)19-9-7-16(2)8-10-19/h4-10,15H,3,11-14H2,1-2H3. The molecule has 26 heavy (non-hydrogen) atoms. The number of hydrogen-bond acceptors (Lipinski definition) is 5. The van der Waals surface area contributed by atoms with Gasteiger partial charge >= 0.3 is 5.97 Å². The molecule has 0 amide bonds. The number of hydrogen-bond donors (Lipinski definition) is 0. The van der Waals surface area contributed by atoms with Crippen molar-refractivity contribution in [2.24, 2.45) is 0 Å². The highest BCUT2D eigenvalue weighted by atomic mass is 32.2. The van der Waals surface area contributed by atoms with Gasteiger partial charge in [-0.05, 0) is 43.2 Å². The summed E-state index contributed by atoms with van der Waals surface area (Å²) in [5.41, 5.74) is 2.15. The fourth-order valence-corrected chi connectivity index (χ4v) is 3.55. The first-order chi connectivity index (χ1) is 12.4. The average Bonchev–Trinajstić information content (AvgIpc) is 2.64. The molecule has 0 bridgehead atoms. The topological polar surface area (TPSA) is 69.7 Å². The van der Waals surface area contributed by atoms with Gasteiger partial charge in [-0.3, -0.25) is 4.79 Å². The zero-order valence-corrected chi connectivity index (χ0v) is 15.9. The van der Waals surface area contributed by atoms with Gasteiger partial charge in [-0.1, -0.05) is 36.8 Å². The quantitative estimate of drug-likeness (QED) is 0.496. The minimum Gasteiger partial charge on any atom is -0.490 e. The van der Waals surface area contributed by atoms with E-state index in [0.717, 1.165) is 17.7 Å². The van der Waals surface area contributed by atoms with E-state index < -0.39 is 15.8 Å². The number of rotatable bonds is 9. The second-order valence-electron chi connectivity index (χ2n) is 5.95. The number of benzene rings is 2. The van der Waals surface area contributed by atoms with Gasteiger partial charge in [0.2, 0.25) is 0 Å². The maximum Gasteiger partial charge on any atom is 0.306 e. The number of sulfone groups is 1. The molecule has 0 saturated heterocycles. The third-order valence-electron chi connectivity index (χ3n) is 3.88. The van der Waals surface area contributed by atoms with Crippen LogP contribution in [-0.4, -0.2) is 33.4 Å². The fraction of sp³-hybridized carbons (Fsp3) is 0.350. The summed E-state index contributed by atoms with van der Waals surface area (Å²) in [6.45, 7) is 4.25. The molecule has 0 radical (unpaired) electrons. The first-order valence-electron chi connectivity index (χ1n) is 8.57. The summed E-state index contributed by atoms with van der Waals surface area (Å²) in [5, 5.41) is 0. The summed E-state index contributed by atoms with van der Waals surface area (Å²) in [6.07, 6.45) is 0.739. The van der Waals surface area contributed by atoms with Gasteiger partial charge < -0.3 is 9.47 Å². The maximum atomic E-state index is 12.2. The molecule has 0 atom stereocenters. The van der Waals surface area contributed by atoms with Gasteiger partial charge in [0.05, 0.1) is 17.1 Å². The van der Waals surface area contributed by atoms with E-state index in [2.05, 4.69) is 6.92 Å². The Kier molecular flexibility index (Phi) is 7.21. The molecule has 5 nitrogen and oxygen atoms in total. The molecular weight excluding hydrogens is 352 g/mol. The van der Waals surface area contributed by atoms with E-state index in [4.69, 9.17) is 9.47 Å². The van der Waals surface area contributed by atoms with Crippen molar-refractivity contribution in [2.75, 3.05) is 19.0 Å². The zero-order chi connectivity index (χ0) is 19.0. The van der Waals surface area contributed by atoms with Crippen LogP contribution >= 0.6 is 0 Å². The molecule has 140 valence electrons. The summed E-state index contributed by atoms with van der Waals surface area (Å²) in [7, 11) is -3.49. The van der Waals surface area contributed by atoms with Gasteiger partial charge in [-0.25, -0.2) is 8.42 Å². The summed E-state index contributed by atoms with van der Waals surface area (Å²) >= 11 is 0. The lowest BCUT2D eigenvalue weighted by Crippen LogP contribution is -2.16. The van der Waals surface area contributed by atoms with E-state index in [1.807, 2.05) is 31.2 Å². The molecule has 2 rings (SSSR count). The molecule has 0 aromatic heterocycles.